The van der Waals surface area contributed by atoms with Crippen molar-refractivity contribution in [3.63, 3.8) is 0 Å². The monoisotopic (exact) mass is 265 g/mol. The first-order valence-electron chi connectivity index (χ1n) is 5.87. The molecule has 0 bridgehead atoms. The molecular formula is C14H19NO4. The molecule has 0 saturated heterocycles. The highest BCUT2D eigenvalue weighted by molar-refractivity contribution is 5.89. The highest BCUT2D eigenvalue weighted by Crippen LogP contribution is 2.32. The molecule has 0 aromatic heterocycles. The van der Waals surface area contributed by atoms with Gasteiger partial charge in [-0.05, 0) is 31.5 Å². The summed E-state index contributed by atoms with van der Waals surface area (Å²) < 4.78 is 9.40. The molecule has 2 N–H and O–H groups in total. The van der Waals surface area contributed by atoms with Crippen molar-refractivity contribution in [2.24, 2.45) is 11.1 Å². The van der Waals surface area contributed by atoms with Crippen LogP contribution in [0.1, 0.15) is 35.8 Å². The Morgan fingerprint density at radius 1 is 1.21 bits per heavy atom. The Morgan fingerprint density at radius 3 is 2.37 bits per heavy atom. The molecule has 5 heteroatoms. The summed E-state index contributed by atoms with van der Waals surface area (Å²) in [6.45, 7) is 3.41. The number of carbonyl (C=O) groups excluding carboxylic acids is 2. The standard InChI is InChI=1S/C14H19NO4/c1-14(2,13(17)19-4)11(15)9-6-5-7-10(8-9)12(16)18-3/h5-8,11H,15H2,1-4H3/t11-/m0/s1. The Morgan fingerprint density at radius 2 is 1.84 bits per heavy atom. The molecule has 0 fully saturated rings. The second-order valence-electron chi connectivity index (χ2n) is 4.81. The Balaban J connectivity index is 3.09. The van der Waals surface area contributed by atoms with Gasteiger partial charge < -0.3 is 15.2 Å². The minimum atomic E-state index is -0.885. The van der Waals surface area contributed by atoms with Crippen LogP contribution < -0.4 is 5.73 Å². The number of hydrogen-bond acceptors (Lipinski definition) is 5. The minimum Gasteiger partial charge on any atom is -0.469 e. The van der Waals surface area contributed by atoms with Crippen LogP contribution in [-0.2, 0) is 14.3 Å². The van der Waals surface area contributed by atoms with Gasteiger partial charge in [0.1, 0.15) is 0 Å². The topological polar surface area (TPSA) is 78.6 Å². The van der Waals surface area contributed by atoms with E-state index in [2.05, 4.69) is 4.74 Å². The van der Waals surface area contributed by atoms with Gasteiger partial charge in [0.15, 0.2) is 0 Å². The zero-order valence-electron chi connectivity index (χ0n) is 11.6. The predicted molar refractivity (Wildman–Crippen MR) is 70.5 cm³/mol. The van der Waals surface area contributed by atoms with Crippen LogP contribution in [-0.4, -0.2) is 26.2 Å². The number of hydrogen-bond donors (Lipinski definition) is 1. The van der Waals surface area contributed by atoms with E-state index < -0.39 is 23.4 Å². The number of nitrogens with two attached hydrogens (primary N) is 1. The van der Waals surface area contributed by atoms with E-state index in [0.29, 0.717) is 11.1 Å². The van der Waals surface area contributed by atoms with Crippen molar-refractivity contribution in [1.29, 1.82) is 0 Å². The van der Waals surface area contributed by atoms with Crippen molar-refractivity contribution in [2.75, 3.05) is 14.2 Å². The molecule has 1 atom stereocenters. The highest BCUT2D eigenvalue weighted by atomic mass is 16.5. The van der Waals surface area contributed by atoms with Crippen LogP contribution in [0.25, 0.3) is 0 Å². The van der Waals surface area contributed by atoms with Crippen LogP contribution >= 0.6 is 0 Å². The maximum absolute atomic E-state index is 11.7. The number of carbonyl (C=O) groups is 2. The van der Waals surface area contributed by atoms with E-state index in [1.807, 2.05) is 0 Å². The van der Waals surface area contributed by atoms with Gasteiger partial charge in [-0.3, -0.25) is 4.79 Å². The van der Waals surface area contributed by atoms with E-state index in [4.69, 9.17) is 10.5 Å². The first kappa shape index (κ1) is 15.2. The summed E-state index contributed by atoms with van der Waals surface area (Å²) in [4.78, 5) is 23.2. The molecule has 1 rings (SSSR count). The summed E-state index contributed by atoms with van der Waals surface area (Å²) in [5, 5.41) is 0. The van der Waals surface area contributed by atoms with Gasteiger partial charge in [-0.1, -0.05) is 12.1 Å². The fraction of sp³-hybridized carbons (Fsp3) is 0.429. The summed E-state index contributed by atoms with van der Waals surface area (Å²) >= 11 is 0. The van der Waals surface area contributed by atoms with Crippen molar-refractivity contribution in [3.8, 4) is 0 Å². The second kappa shape index (κ2) is 5.84. The molecule has 0 amide bonds. The Labute approximate surface area is 112 Å². The zero-order chi connectivity index (χ0) is 14.6. The second-order valence-corrected chi connectivity index (χ2v) is 4.81. The fourth-order valence-corrected chi connectivity index (χ4v) is 1.78. The summed E-state index contributed by atoms with van der Waals surface area (Å²) in [5.41, 5.74) is 6.30. The van der Waals surface area contributed by atoms with Gasteiger partial charge in [0.2, 0.25) is 0 Å². The molecule has 0 aliphatic heterocycles. The lowest BCUT2D eigenvalue weighted by Gasteiger charge is -2.29. The number of ether oxygens (including phenoxy) is 2. The van der Waals surface area contributed by atoms with E-state index in [1.165, 1.54) is 14.2 Å². The van der Waals surface area contributed by atoms with Crippen molar-refractivity contribution in [2.45, 2.75) is 19.9 Å². The highest BCUT2D eigenvalue weighted by Gasteiger charge is 2.36. The third-order valence-electron chi connectivity index (χ3n) is 3.16. The lowest BCUT2D eigenvalue weighted by molar-refractivity contribution is -0.152. The molecule has 1 aromatic rings. The summed E-state index contributed by atoms with van der Waals surface area (Å²) in [6.07, 6.45) is 0. The molecular weight excluding hydrogens is 246 g/mol. The Bertz CT molecular complexity index is 482. The molecule has 104 valence electrons. The maximum atomic E-state index is 11.7. The SMILES string of the molecule is COC(=O)c1cccc([C@H](N)C(C)(C)C(=O)OC)c1. The Kier molecular flexibility index (Phi) is 4.67. The van der Waals surface area contributed by atoms with Crippen LogP contribution in [0.4, 0.5) is 0 Å². The van der Waals surface area contributed by atoms with Crippen LogP contribution in [0.3, 0.4) is 0 Å². The zero-order valence-corrected chi connectivity index (χ0v) is 11.6. The lowest BCUT2D eigenvalue weighted by atomic mass is 9.80. The van der Waals surface area contributed by atoms with Gasteiger partial charge in [0.05, 0.1) is 25.2 Å². The van der Waals surface area contributed by atoms with Gasteiger partial charge >= 0.3 is 11.9 Å². The predicted octanol–water partition coefficient (Wildman–Crippen LogP) is 1.67. The Hall–Kier alpha value is -1.88. The molecule has 0 saturated carbocycles. The van der Waals surface area contributed by atoms with E-state index in [1.54, 1.807) is 38.1 Å². The van der Waals surface area contributed by atoms with Gasteiger partial charge in [0.25, 0.3) is 0 Å². The fourth-order valence-electron chi connectivity index (χ4n) is 1.78. The minimum absolute atomic E-state index is 0.399. The van der Waals surface area contributed by atoms with Crippen molar-refractivity contribution in [3.05, 3.63) is 35.4 Å². The van der Waals surface area contributed by atoms with Crippen molar-refractivity contribution in [1.82, 2.24) is 0 Å². The average molecular weight is 265 g/mol. The molecule has 0 heterocycles. The van der Waals surface area contributed by atoms with Gasteiger partial charge in [-0.2, -0.15) is 0 Å². The van der Waals surface area contributed by atoms with E-state index in [0.717, 1.165) is 0 Å². The average Bonchev–Trinajstić information content (AvgIpc) is 2.44. The van der Waals surface area contributed by atoms with E-state index in [-0.39, 0.29) is 0 Å². The number of esters is 2. The van der Waals surface area contributed by atoms with Gasteiger partial charge in [0, 0.05) is 6.04 Å². The lowest BCUT2D eigenvalue weighted by Crippen LogP contribution is -2.37. The molecule has 0 spiro atoms. The molecule has 1 aromatic carbocycles. The molecule has 0 aliphatic carbocycles. The van der Waals surface area contributed by atoms with Crippen LogP contribution in [0.2, 0.25) is 0 Å². The van der Waals surface area contributed by atoms with Gasteiger partial charge in [-0.15, -0.1) is 0 Å². The summed E-state index contributed by atoms with van der Waals surface area (Å²) in [5.74, 6) is -0.839. The van der Waals surface area contributed by atoms with E-state index in [9.17, 15) is 9.59 Å². The van der Waals surface area contributed by atoms with Crippen LogP contribution in [0.5, 0.6) is 0 Å². The smallest absolute Gasteiger partial charge is 0.337 e. The first-order chi connectivity index (χ1) is 8.84. The van der Waals surface area contributed by atoms with Crippen LogP contribution in [0.15, 0.2) is 24.3 Å². The molecule has 19 heavy (non-hydrogen) atoms. The first-order valence-corrected chi connectivity index (χ1v) is 5.87. The molecule has 0 aliphatic rings. The third-order valence-corrected chi connectivity index (χ3v) is 3.16. The summed E-state index contributed by atoms with van der Waals surface area (Å²) in [6, 6.07) is 6.15. The van der Waals surface area contributed by atoms with Crippen molar-refractivity contribution >= 4 is 11.9 Å². The number of methoxy groups -OCH3 is 2. The molecule has 0 radical (unpaired) electrons. The summed E-state index contributed by atoms with van der Waals surface area (Å²) in [7, 11) is 2.63. The quantitative estimate of drug-likeness (QED) is 0.838. The molecule has 5 nitrogen and oxygen atoms in total. The van der Waals surface area contributed by atoms with E-state index >= 15 is 0 Å². The van der Waals surface area contributed by atoms with Crippen molar-refractivity contribution < 1.29 is 19.1 Å². The van der Waals surface area contributed by atoms with Crippen LogP contribution in [0, 0.1) is 5.41 Å². The molecule has 0 unspecified atom stereocenters. The maximum Gasteiger partial charge on any atom is 0.337 e. The largest absolute Gasteiger partial charge is 0.469 e. The number of rotatable bonds is 4. The number of benzene rings is 1. The van der Waals surface area contributed by atoms with Gasteiger partial charge in [-0.25, -0.2) is 4.79 Å². The third kappa shape index (κ3) is 3.12. The normalized spacial score (nSPS) is 12.7.